The molecule has 424 valence electrons. The standard InChI is InChI=1S/C26H18.C18H21N.C14H12.8C2H6.3CH4/c1-5-13-22-18(9-1)17-19-10-2-6-14-23(19)26(22)24-15-7-3-11-20(24)21-12-4-8-16-25(21)26;1-3-19(4-2)13-16-10-7-9-15-12-14-8-5-6-11-17(14)18(15)16;1-2-6-12-10-14-8-4-3-7-13(14)9-11(12)5-1;8*1-2;;;/h1-16H,17H2;5-11H,3-4,12-13H2,1-2H3;1-8H,9-10H2;8*1-2H3;3*1H4. The lowest BCUT2D eigenvalue weighted by Crippen LogP contribution is -2.34. The summed E-state index contributed by atoms with van der Waals surface area (Å²) in [6, 6.07) is 69.0. The van der Waals surface area contributed by atoms with E-state index in [1.807, 2.05) is 111 Å². The van der Waals surface area contributed by atoms with Gasteiger partial charge in [-0.15, -0.1) is 0 Å². The minimum absolute atomic E-state index is 0. The van der Waals surface area contributed by atoms with Crippen molar-refractivity contribution in [1.29, 1.82) is 0 Å². The van der Waals surface area contributed by atoms with Gasteiger partial charge in [0.05, 0.1) is 5.41 Å². The van der Waals surface area contributed by atoms with E-state index in [9.17, 15) is 0 Å². The molecule has 0 saturated heterocycles. The second-order valence-electron chi connectivity index (χ2n) is 16.5. The molecule has 1 spiro atoms. The molecule has 0 aliphatic heterocycles. The molecule has 0 fully saturated rings. The number of hydrogen-bond donors (Lipinski definition) is 0. The Morgan fingerprint density at radius 3 is 0.923 bits per heavy atom. The van der Waals surface area contributed by atoms with E-state index in [1.165, 1.54) is 94.6 Å². The van der Waals surface area contributed by atoms with Crippen LogP contribution in [0.25, 0.3) is 22.3 Å². The third-order valence-corrected chi connectivity index (χ3v) is 13.4. The fourth-order valence-electron chi connectivity index (χ4n) is 10.6. The van der Waals surface area contributed by atoms with Gasteiger partial charge >= 0.3 is 0 Å². The summed E-state index contributed by atoms with van der Waals surface area (Å²) in [5.74, 6) is 0. The van der Waals surface area contributed by atoms with E-state index in [-0.39, 0.29) is 27.7 Å². The van der Waals surface area contributed by atoms with Crippen LogP contribution in [0.5, 0.6) is 0 Å². The van der Waals surface area contributed by atoms with Crippen molar-refractivity contribution in [2.75, 3.05) is 13.1 Å². The van der Waals surface area contributed by atoms with E-state index in [0.29, 0.717) is 0 Å². The SMILES string of the molecule is C.C.C.CC.CC.CC.CC.CC.CC.CC.CC.CCN(CC)Cc1cccc2c1-c1ccccc1C2.c1ccc2c(c1)Cc1ccccc1C2.c1ccc2c(c1)Cc1ccccc1C21c2ccccc2-c2ccccc21. The average Bonchev–Trinajstić information content (AvgIpc) is 4.07. The smallest absolute Gasteiger partial charge is 0.0719 e. The zero-order valence-corrected chi connectivity index (χ0v) is 50.3. The highest BCUT2D eigenvalue weighted by Gasteiger charge is 2.49. The Kier molecular flexibility index (Phi) is 38.7. The van der Waals surface area contributed by atoms with Crippen LogP contribution in [0.3, 0.4) is 0 Å². The molecule has 8 aromatic rings. The molecule has 78 heavy (non-hydrogen) atoms. The predicted molar refractivity (Wildman–Crippen MR) is 357 cm³/mol. The molecule has 12 rings (SSSR count). The second-order valence-corrected chi connectivity index (χ2v) is 16.5. The molecule has 0 radical (unpaired) electrons. The molecule has 4 aliphatic carbocycles. The van der Waals surface area contributed by atoms with Gasteiger partial charge in [-0.2, -0.15) is 0 Å². The predicted octanol–water partition coefficient (Wildman–Crippen LogP) is 23.4. The van der Waals surface area contributed by atoms with Crippen molar-refractivity contribution in [1.82, 2.24) is 4.90 Å². The summed E-state index contributed by atoms with van der Waals surface area (Å²) < 4.78 is 0. The molecule has 0 unspecified atom stereocenters. The van der Waals surface area contributed by atoms with Crippen LogP contribution in [0.4, 0.5) is 0 Å². The maximum Gasteiger partial charge on any atom is 0.0719 e. The van der Waals surface area contributed by atoms with Crippen LogP contribution in [0.2, 0.25) is 0 Å². The van der Waals surface area contributed by atoms with Gasteiger partial charge in [0.2, 0.25) is 0 Å². The second kappa shape index (κ2) is 40.9. The van der Waals surface area contributed by atoms with Gasteiger partial charge in [0, 0.05) is 6.54 Å². The quantitative estimate of drug-likeness (QED) is 0.170. The van der Waals surface area contributed by atoms with E-state index in [0.717, 1.165) is 45.3 Å². The molecule has 1 nitrogen and oxygen atoms in total. The monoisotopic (exact) mass is 1050 g/mol. The molecule has 0 atom stereocenters. The van der Waals surface area contributed by atoms with Gasteiger partial charge in [0.25, 0.3) is 0 Å². The third-order valence-electron chi connectivity index (χ3n) is 13.4. The fraction of sp³-hybridized carbons (Fsp3) is 0.377. The molecular formula is C77H111N. The Bertz CT molecular complexity index is 2620. The van der Waals surface area contributed by atoms with Crippen molar-refractivity contribution in [2.24, 2.45) is 0 Å². The lowest BCUT2D eigenvalue weighted by atomic mass is 9.61. The van der Waals surface area contributed by atoms with Crippen molar-refractivity contribution in [2.45, 2.75) is 185 Å². The van der Waals surface area contributed by atoms with Crippen LogP contribution >= 0.6 is 0 Å². The first kappa shape index (κ1) is 73.8. The Labute approximate surface area is 482 Å². The highest BCUT2D eigenvalue weighted by atomic mass is 15.1. The lowest BCUT2D eigenvalue weighted by molar-refractivity contribution is 0.296. The molecule has 0 saturated carbocycles. The van der Waals surface area contributed by atoms with Gasteiger partial charge in [0.1, 0.15) is 0 Å². The molecule has 0 bridgehead atoms. The maximum absolute atomic E-state index is 2.48. The average molecular weight is 1050 g/mol. The normalized spacial score (nSPS) is 11.1. The Morgan fingerprint density at radius 1 is 0.282 bits per heavy atom. The molecule has 0 N–H and O–H groups in total. The summed E-state index contributed by atoms with van der Waals surface area (Å²) in [5, 5.41) is 0. The Balaban J connectivity index is 0. The van der Waals surface area contributed by atoms with Crippen molar-refractivity contribution in [3.63, 3.8) is 0 Å². The number of hydrogen-bond acceptors (Lipinski definition) is 1. The van der Waals surface area contributed by atoms with Gasteiger partial charge in [-0.05, 0) is 133 Å². The third kappa shape index (κ3) is 16.6. The molecule has 0 aromatic heterocycles. The number of benzene rings is 8. The molecule has 8 aromatic carbocycles. The van der Waals surface area contributed by atoms with Crippen LogP contribution in [0.1, 0.15) is 219 Å². The summed E-state index contributed by atoms with van der Waals surface area (Å²) in [6.07, 6.45) is 4.31. The van der Waals surface area contributed by atoms with Gasteiger partial charge in [-0.1, -0.05) is 335 Å². The first-order valence-electron chi connectivity index (χ1n) is 29.6. The van der Waals surface area contributed by atoms with E-state index in [4.69, 9.17) is 0 Å². The van der Waals surface area contributed by atoms with E-state index >= 15 is 0 Å². The summed E-state index contributed by atoms with van der Waals surface area (Å²) >= 11 is 0. The van der Waals surface area contributed by atoms with Crippen molar-refractivity contribution >= 4 is 0 Å². The number of rotatable bonds is 4. The molecule has 1 heteroatoms. The van der Waals surface area contributed by atoms with Crippen LogP contribution in [-0.2, 0) is 37.6 Å². The van der Waals surface area contributed by atoms with E-state index in [1.54, 1.807) is 0 Å². The molecular weight excluding hydrogens is 939 g/mol. The van der Waals surface area contributed by atoms with Gasteiger partial charge in [0.15, 0.2) is 0 Å². The lowest BCUT2D eigenvalue weighted by Gasteiger charge is -2.40. The van der Waals surface area contributed by atoms with Crippen LogP contribution < -0.4 is 0 Å². The minimum Gasteiger partial charge on any atom is -0.300 e. The van der Waals surface area contributed by atoms with Gasteiger partial charge in [-0.25, -0.2) is 0 Å². The van der Waals surface area contributed by atoms with Crippen LogP contribution in [0, 0.1) is 0 Å². The van der Waals surface area contributed by atoms with Crippen molar-refractivity contribution in [3.05, 3.63) is 260 Å². The van der Waals surface area contributed by atoms with E-state index in [2.05, 4.69) is 207 Å². The fourth-order valence-corrected chi connectivity index (χ4v) is 10.6. The number of fused-ring (bicyclic) bond motifs is 14. The summed E-state index contributed by atoms with van der Waals surface area (Å²) in [6.45, 7) is 39.8. The highest BCUT2D eigenvalue weighted by molar-refractivity contribution is 5.87. The van der Waals surface area contributed by atoms with Gasteiger partial charge in [-0.3, -0.25) is 4.90 Å². The van der Waals surface area contributed by atoms with Crippen molar-refractivity contribution in [3.8, 4) is 22.3 Å². The molecule has 0 amide bonds. The largest absolute Gasteiger partial charge is 0.300 e. The summed E-state index contributed by atoms with van der Waals surface area (Å²) in [4.78, 5) is 2.48. The van der Waals surface area contributed by atoms with Crippen molar-refractivity contribution < 1.29 is 0 Å². The first-order valence-corrected chi connectivity index (χ1v) is 29.6. The van der Waals surface area contributed by atoms with Gasteiger partial charge < -0.3 is 0 Å². The van der Waals surface area contributed by atoms with Crippen LogP contribution in [-0.4, -0.2) is 18.0 Å². The summed E-state index contributed by atoms with van der Waals surface area (Å²) in [7, 11) is 0. The number of nitrogens with zero attached hydrogens (tertiary/aromatic N) is 1. The van der Waals surface area contributed by atoms with Crippen LogP contribution in [0.15, 0.2) is 188 Å². The zero-order chi connectivity index (χ0) is 55.8. The highest BCUT2D eigenvalue weighted by Crippen LogP contribution is 2.59. The zero-order valence-electron chi connectivity index (χ0n) is 50.3. The first-order chi connectivity index (χ1) is 37.2. The Morgan fingerprint density at radius 2 is 0.551 bits per heavy atom. The Hall–Kier alpha value is -6.28. The maximum atomic E-state index is 2.48. The minimum atomic E-state index is -0.196. The topological polar surface area (TPSA) is 3.24 Å². The summed E-state index contributed by atoms with van der Waals surface area (Å²) in [5.41, 5.74) is 24.5. The van der Waals surface area contributed by atoms with E-state index < -0.39 is 0 Å². The molecule has 0 heterocycles. The molecule has 4 aliphatic rings.